The van der Waals surface area contributed by atoms with Crippen molar-refractivity contribution in [2.24, 2.45) is 5.73 Å². The third-order valence-electron chi connectivity index (χ3n) is 2.53. The van der Waals surface area contributed by atoms with E-state index in [1.54, 1.807) is 18.2 Å². The molecule has 5 nitrogen and oxygen atoms in total. The Morgan fingerprint density at radius 3 is 2.76 bits per heavy atom. The van der Waals surface area contributed by atoms with Gasteiger partial charge in [0.1, 0.15) is 11.6 Å². The zero-order chi connectivity index (χ0) is 12.6. The van der Waals surface area contributed by atoms with E-state index >= 15 is 0 Å². The first-order chi connectivity index (χ1) is 8.04. The molecule has 1 aromatic carbocycles. The molecule has 0 saturated carbocycles. The Morgan fingerprint density at radius 1 is 1.47 bits per heavy atom. The van der Waals surface area contributed by atoms with E-state index in [1.807, 2.05) is 13.0 Å². The molecule has 84 valence electrons. The van der Waals surface area contributed by atoms with Crippen molar-refractivity contribution < 1.29 is 9.59 Å². The van der Waals surface area contributed by atoms with Crippen molar-refractivity contribution in [3.63, 3.8) is 0 Å². The first-order valence-corrected chi connectivity index (χ1v) is 4.91. The van der Waals surface area contributed by atoms with Gasteiger partial charge in [0.2, 0.25) is 0 Å². The van der Waals surface area contributed by atoms with Gasteiger partial charge in [-0.3, -0.25) is 9.59 Å². The lowest BCUT2D eigenvalue weighted by Crippen LogP contribution is -2.17. The number of anilines is 1. The van der Waals surface area contributed by atoms with Gasteiger partial charge in [0.15, 0.2) is 0 Å². The average Bonchev–Trinajstić information content (AvgIpc) is 2.56. The van der Waals surface area contributed by atoms with Crippen molar-refractivity contribution in [2.45, 2.75) is 6.92 Å². The first-order valence-electron chi connectivity index (χ1n) is 4.91. The SMILES string of the molecule is Cc1ccc2c(c1)/C(=C(\C#N)C(N)=O)C(=O)N2. The van der Waals surface area contributed by atoms with Gasteiger partial charge in [0, 0.05) is 11.3 Å². The van der Waals surface area contributed by atoms with Gasteiger partial charge in [-0.15, -0.1) is 0 Å². The Labute approximate surface area is 97.5 Å². The molecule has 0 atom stereocenters. The molecular weight excluding hydrogens is 218 g/mol. The zero-order valence-corrected chi connectivity index (χ0v) is 9.07. The Bertz CT molecular complexity index is 609. The number of aryl methyl sites for hydroxylation is 1. The Kier molecular flexibility index (Phi) is 2.41. The number of primary amides is 1. The topological polar surface area (TPSA) is 96.0 Å². The predicted molar refractivity (Wildman–Crippen MR) is 61.5 cm³/mol. The molecule has 0 spiro atoms. The first kappa shape index (κ1) is 10.9. The van der Waals surface area contributed by atoms with Gasteiger partial charge in [-0.25, -0.2) is 0 Å². The van der Waals surface area contributed by atoms with E-state index in [-0.39, 0.29) is 11.1 Å². The molecule has 3 N–H and O–H groups in total. The number of nitriles is 1. The molecule has 0 radical (unpaired) electrons. The van der Waals surface area contributed by atoms with E-state index in [4.69, 9.17) is 11.0 Å². The normalized spacial score (nSPS) is 15.9. The number of carbonyl (C=O) groups is 2. The lowest BCUT2D eigenvalue weighted by atomic mass is 10.00. The van der Waals surface area contributed by atoms with E-state index in [2.05, 4.69) is 5.32 Å². The number of fused-ring (bicyclic) bond motifs is 1. The number of amides is 2. The number of nitrogens with zero attached hydrogens (tertiary/aromatic N) is 1. The van der Waals surface area contributed by atoms with Crippen molar-refractivity contribution in [1.82, 2.24) is 0 Å². The molecule has 1 aliphatic rings. The molecule has 0 saturated heterocycles. The van der Waals surface area contributed by atoms with Crippen LogP contribution >= 0.6 is 0 Å². The van der Waals surface area contributed by atoms with Gasteiger partial charge < -0.3 is 11.1 Å². The maximum Gasteiger partial charge on any atom is 0.260 e. The maximum atomic E-state index is 11.7. The number of rotatable bonds is 1. The van der Waals surface area contributed by atoms with Gasteiger partial charge >= 0.3 is 0 Å². The quantitative estimate of drug-likeness (QED) is 0.546. The fraction of sp³-hybridized carbons (Fsp3) is 0.0833. The maximum absolute atomic E-state index is 11.7. The molecule has 2 rings (SSSR count). The van der Waals surface area contributed by atoms with E-state index < -0.39 is 11.8 Å². The highest BCUT2D eigenvalue weighted by atomic mass is 16.2. The van der Waals surface area contributed by atoms with Crippen molar-refractivity contribution in [3.8, 4) is 6.07 Å². The van der Waals surface area contributed by atoms with Crippen LogP contribution in [-0.4, -0.2) is 11.8 Å². The number of benzene rings is 1. The molecular formula is C12H9N3O2. The van der Waals surface area contributed by atoms with Gasteiger partial charge in [-0.05, 0) is 19.1 Å². The third kappa shape index (κ3) is 1.66. The highest BCUT2D eigenvalue weighted by molar-refractivity contribution is 6.36. The summed E-state index contributed by atoms with van der Waals surface area (Å²) in [5, 5.41) is 11.5. The average molecular weight is 227 g/mol. The van der Waals surface area contributed by atoms with Crippen LogP contribution in [0.5, 0.6) is 0 Å². The molecule has 0 aliphatic carbocycles. The fourth-order valence-corrected chi connectivity index (χ4v) is 1.76. The van der Waals surface area contributed by atoms with Crippen LogP contribution in [0.1, 0.15) is 11.1 Å². The van der Waals surface area contributed by atoms with Crippen molar-refractivity contribution in [3.05, 3.63) is 34.9 Å². The van der Waals surface area contributed by atoms with Crippen molar-refractivity contribution in [2.75, 3.05) is 5.32 Å². The molecule has 1 aliphatic heterocycles. The van der Waals surface area contributed by atoms with Crippen LogP contribution in [0.4, 0.5) is 5.69 Å². The predicted octanol–water partition coefficient (Wildman–Crippen LogP) is 0.710. The molecule has 0 aromatic heterocycles. The van der Waals surface area contributed by atoms with E-state index in [1.165, 1.54) is 0 Å². The molecule has 0 fully saturated rings. The van der Waals surface area contributed by atoms with Crippen molar-refractivity contribution >= 4 is 23.1 Å². The molecule has 0 unspecified atom stereocenters. The fourth-order valence-electron chi connectivity index (χ4n) is 1.76. The summed E-state index contributed by atoms with van der Waals surface area (Å²) in [7, 11) is 0. The minimum absolute atomic E-state index is 0.0544. The van der Waals surface area contributed by atoms with E-state index in [0.29, 0.717) is 11.3 Å². The summed E-state index contributed by atoms with van der Waals surface area (Å²) >= 11 is 0. The molecule has 0 bridgehead atoms. The number of carbonyl (C=O) groups excluding carboxylic acids is 2. The Morgan fingerprint density at radius 2 is 2.18 bits per heavy atom. The highest BCUT2D eigenvalue weighted by Crippen LogP contribution is 2.34. The summed E-state index contributed by atoms with van der Waals surface area (Å²) < 4.78 is 0. The number of hydrogen-bond donors (Lipinski definition) is 2. The summed E-state index contributed by atoms with van der Waals surface area (Å²) in [4.78, 5) is 22.8. The number of hydrogen-bond acceptors (Lipinski definition) is 3. The molecule has 17 heavy (non-hydrogen) atoms. The molecule has 1 heterocycles. The Hall–Kier alpha value is -2.61. The monoisotopic (exact) mass is 227 g/mol. The highest BCUT2D eigenvalue weighted by Gasteiger charge is 2.29. The lowest BCUT2D eigenvalue weighted by molar-refractivity contribution is -0.115. The van der Waals surface area contributed by atoms with Gasteiger partial charge in [0.25, 0.3) is 11.8 Å². The number of nitrogens with two attached hydrogens (primary N) is 1. The van der Waals surface area contributed by atoms with Crippen LogP contribution in [-0.2, 0) is 9.59 Å². The lowest BCUT2D eigenvalue weighted by Gasteiger charge is -2.00. The van der Waals surface area contributed by atoms with Crippen LogP contribution in [0.2, 0.25) is 0 Å². The minimum Gasteiger partial charge on any atom is -0.365 e. The van der Waals surface area contributed by atoms with E-state index in [9.17, 15) is 9.59 Å². The van der Waals surface area contributed by atoms with Crippen LogP contribution < -0.4 is 11.1 Å². The summed E-state index contributed by atoms with van der Waals surface area (Å²) in [6, 6.07) is 6.98. The second kappa shape index (κ2) is 3.76. The summed E-state index contributed by atoms with van der Waals surface area (Å²) in [6.45, 7) is 1.86. The minimum atomic E-state index is -0.896. The third-order valence-corrected chi connectivity index (χ3v) is 2.53. The molecule has 5 heteroatoms. The molecule has 2 amide bonds. The largest absolute Gasteiger partial charge is 0.365 e. The standard InChI is InChI=1S/C12H9N3O2/c1-6-2-3-9-7(4-6)10(12(17)15-9)8(5-13)11(14)16/h2-4H,1H3,(H2,14,16)(H,15,17)/b10-8-. The summed E-state index contributed by atoms with van der Waals surface area (Å²) in [5.41, 5.74) is 6.89. The number of nitrogens with one attached hydrogen (secondary N) is 1. The van der Waals surface area contributed by atoms with E-state index in [0.717, 1.165) is 5.56 Å². The Balaban J connectivity index is 2.75. The summed E-state index contributed by atoms with van der Waals surface area (Å²) in [6.07, 6.45) is 0. The van der Waals surface area contributed by atoms with Crippen molar-refractivity contribution in [1.29, 1.82) is 5.26 Å². The smallest absolute Gasteiger partial charge is 0.260 e. The van der Waals surface area contributed by atoms with Gasteiger partial charge in [0.05, 0.1) is 5.57 Å². The zero-order valence-electron chi connectivity index (χ0n) is 9.07. The second-order valence-corrected chi connectivity index (χ2v) is 3.73. The van der Waals surface area contributed by atoms with Gasteiger partial charge in [-0.1, -0.05) is 11.6 Å². The second-order valence-electron chi connectivity index (χ2n) is 3.73. The molecule has 1 aromatic rings. The van der Waals surface area contributed by atoms with Crippen LogP contribution in [0.25, 0.3) is 5.57 Å². The van der Waals surface area contributed by atoms with Crippen LogP contribution in [0, 0.1) is 18.3 Å². The summed E-state index contributed by atoms with van der Waals surface area (Å²) in [5.74, 6) is -1.37. The van der Waals surface area contributed by atoms with Gasteiger partial charge in [-0.2, -0.15) is 5.26 Å². The van der Waals surface area contributed by atoms with Crippen LogP contribution in [0.3, 0.4) is 0 Å². The van der Waals surface area contributed by atoms with Crippen LogP contribution in [0.15, 0.2) is 23.8 Å².